The van der Waals surface area contributed by atoms with Crippen molar-refractivity contribution < 1.29 is 4.92 Å². The molecule has 2 heterocycles. The minimum absolute atomic E-state index is 0.112. The number of anilines is 1. The highest BCUT2D eigenvalue weighted by Crippen LogP contribution is 2.41. The number of fused-ring (bicyclic) bond motifs is 2. The number of pyridine rings is 1. The van der Waals surface area contributed by atoms with Gasteiger partial charge in [0.05, 0.1) is 4.92 Å². The van der Waals surface area contributed by atoms with Gasteiger partial charge in [-0.1, -0.05) is 31.7 Å². The number of rotatable bonds is 3. The Morgan fingerprint density at radius 1 is 1.16 bits per heavy atom. The molecule has 2 fully saturated rings. The van der Waals surface area contributed by atoms with Crippen molar-refractivity contribution >= 4 is 17.2 Å². The number of hydrogen-bond donors (Lipinski definition) is 1. The molecule has 25 heavy (non-hydrogen) atoms. The molecular formula is C18H22N4O3. The van der Waals surface area contributed by atoms with Crippen LogP contribution in [-0.2, 0) is 0 Å². The summed E-state index contributed by atoms with van der Waals surface area (Å²) in [7, 11) is 0. The molecule has 2 aromatic heterocycles. The van der Waals surface area contributed by atoms with E-state index in [4.69, 9.17) is 0 Å². The summed E-state index contributed by atoms with van der Waals surface area (Å²) in [5.41, 5.74) is -0.675. The van der Waals surface area contributed by atoms with Gasteiger partial charge < -0.3 is 5.32 Å². The van der Waals surface area contributed by atoms with Crippen molar-refractivity contribution in [1.82, 2.24) is 9.38 Å². The molecule has 0 aromatic carbocycles. The molecule has 7 heteroatoms. The summed E-state index contributed by atoms with van der Waals surface area (Å²) in [5, 5.41) is 14.7. The van der Waals surface area contributed by atoms with Crippen molar-refractivity contribution in [1.29, 1.82) is 0 Å². The van der Waals surface area contributed by atoms with E-state index in [1.54, 1.807) is 18.2 Å². The molecule has 0 amide bonds. The first kappa shape index (κ1) is 16.1. The second-order valence-electron chi connectivity index (χ2n) is 7.26. The third-order valence-electron chi connectivity index (χ3n) is 5.77. The summed E-state index contributed by atoms with van der Waals surface area (Å²) in [6.07, 6.45) is 9.83. The maximum absolute atomic E-state index is 12.5. The average molecular weight is 342 g/mol. The van der Waals surface area contributed by atoms with Crippen LogP contribution in [0.4, 0.5) is 11.5 Å². The number of nitrogens with one attached hydrogen (secondary N) is 1. The summed E-state index contributed by atoms with van der Waals surface area (Å²) >= 11 is 0. The number of hydrogen-bond acceptors (Lipinski definition) is 5. The van der Waals surface area contributed by atoms with E-state index in [0.717, 1.165) is 25.2 Å². The Kier molecular flexibility index (Phi) is 4.15. The van der Waals surface area contributed by atoms with Crippen LogP contribution in [0.3, 0.4) is 0 Å². The van der Waals surface area contributed by atoms with Gasteiger partial charge >= 0.3 is 11.2 Å². The molecular weight excluding hydrogens is 320 g/mol. The molecule has 4 rings (SSSR count). The highest BCUT2D eigenvalue weighted by atomic mass is 16.6. The van der Waals surface area contributed by atoms with Crippen LogP contribution < -0.4 is 10.9 Å². The van der Waals surface area contributed by atoms with Gasteiger partial charge in [0.1, 0.15) is 5.65 Å². The van der Waals surface area contributed by atoms with Gasteiger partial charge in [-0.15, -0.1) is 0 Å². The topological polar surface area (TPSA) is 89.5 Å². The summed E-state index contributed by atoms with van der Waals surface area (Å²) in [4.78, 5) is 27.7. The normalized spacial score (nSPS) is 26.2. The maximum atomic E-state index is 12.5. The number of nitrogens with zero attached hydrogens (tertiary/aromatic N) is 3. The number of aromatic nitrogens is 2. The van der Waals surface area contributed by atoms with E-state index in [0.29, 0.717) is 11.6 Å². The van der Waals surface area contributed by atoms with Gasteiger partial charge in [0, 0.05) is 12.2 Å². The molecule has 3 atom stereocenters. The fourth-order valence-electron chi connectivity index (χ4n) is 4.54. The van der Waals surface area contributed by atoms with Crippen LogP contribution >= 0.6 is 0 Å². The third-order valence-corrected chi connectivity index (χ3v) is 5.77. The highest BCUT2D eigenvalue weighted by Gasteiger charge is 2.34. The molecule has 0 radical (unpaired) electrons. The van der Waals surface area contributed by atoms with E-state index in [1.807, 2.05) is 0 Å². The lowest BCUT2D eigenvalue weighted by molar-refractivity contribution is -0.385. The zero-order chi connectivity index (χ0) is 17.4. The zero-order valence-electron chi connectivity index (χ0n) is 14.1. The maximum Gasteiger partial charge on any atom is 0.376 e. The van der Waals surface area contributed by atoms with Crippen molar-refractivity contribution in [3.8, 4) is 0 Å². The molecule has 0 unspecified atom stereocenters. The third kappa shape index (κ3) is 2.99. The van der Waals surface area contributed by atoms with Crippen LogP contribution in [0, 0.1) is 22.0 Å². The van der Waals surface area contributed by atoms with Crippen molar-refractivity contribution in [2.75, 3.05) is 5.32 Å². The fraction of sp³-hybridized carbons (Fsp3) is 0.556. The van der Waals surface area contributed by atoms with E-state index in [9.17, 15) is 14.9 Å². The van der Waals surface area contributed by atoms with E-state index in [-0.39, 0.29) is 11.9 Å². The van der Waals surface area contributed by atoms with Crippen molar-refractivity contribution in [2.45, 2.75) is 51.0 Å². The molecule has 1 N–H and O–H groups in total. The zero-order valence-corrected chi connectivity index (χ0v) is 14.1. The lowest BCUT2D eigenvalue weighted by Gasteiger charge is -2.39. The van der Waals surface area contributed by atoms with Gasteiger partial charge in [0.25, 0.3) is 0 Å². The van der Waals surface area contributed by atoms with E-state index in [2.05, 4.69) is 10.3 Å². The molecule has 0 aliphatic heterocycles. The van der Waals surface area contributed by atoms with Gasteiger partial charge in [-0.2, -0.15) is 0 Å². The van der Waals surface area contributed by atoms with Crippen molar-refractivity contribution in [3.05, 3.63) is 44.9 Å². The Hall–Kier alpha value is -2.44. The molecule has 2 aliphatic rings. The molecule has 132 valence electrons. The van der Waals surface area contributed by atoms with Crippen LogP contribution in [0.2, 0.25) is 0 Å². The minimum Gasteiger partial charge on any atom is -0.361 e. The second-order valence-corrected chi connectivity index (χ2v) is 7.26. The minimum atomic E-state index is -0.635. The first-order valence-electron chi connectivity index (χ1n) is 9.06. The van der Waals surface area contributed by atoms with Crippen LogP contribution in [0.25, 0.3) is 5.65 Å². The Morgan fingerprint density at radius 2 is 1.96 bits per heavy atom. The van der Waals surface area contributed by atoms with Crippen LogP contribution in [0.1, 0.15) is 44.9 Å². The van der Waals surface area contributed by atoms with E-state index in [1.165, 1.54) is 36.3 Å². The highest BCUT2D eigenvalue weighted by molar-refractivity contribution is 5.60. The van der Waals surface area contributed by atoms with Gasteiger partial charge in [-0.25, -0.2) is 4.98 Å². The van der Waals surface area contributed by atoms with Crippen LogP contribution in [0.5, 0.6) is 0 Å². The first-order chi connectivity index (χ1) is 12.1. The van der Waals surface area contributed by atoms with Crippen LogP contribution in [-0.4, -0.2) is 20.3 Å². The molecule has 0 spiro atoms. The second kappa shape index (κ2) is 6.46. The first-order valence-corrected chi connectivity index (χ1v) is 9.06. The van der Waals surface area contributed by atoms with Gasteiger partial charge in [0.15, 0.2) is 0 Å². The average Bonchev–Trinajstić information content (AvgIpc) is 2.61. The Labute approximate surface area is 145 Å². The summed E-state index contributed by atoms with van der Waals surface area (Å²) in [6.45, 7) is 0. The lowest BCUT2D eigenvalue weighted by Crippen LogP contribution is -2.35. The quantitative estimate of drug-likeness (QED) is 0.682. The predicted octanol–water partition coefficient (Wildman–Crippen LogP) is 3.37. The molecule has 7 nitrogen and oxygen atoms in total. The fourth-order valence-corrected chi connectivity index (χ4v) is 4.54. The van der Waals surface area contributed by atoms with Gasteiger partial charge in [-0.3, -0.25) is 19.3 Å². The van der Waals surface area contributed by atoms with E-state index < -0.39 is 16.2 Å². The number of nitro groups is 1. The summed E-state index contributed by atoms with van der Waals surface area (Å²) in [6, 6.07) is 5.27. The Balaban J connectivity index is 1.65. The summed E-state index contributed by atoms with van der Waals surface area (Å²) in [5.74, 6) is 1.61. The Morgan fingerprint density at radius 3 is 2.76 bits per heavy atom. The molecule has 2 aliphatic carbocycles. The molecule has 0 bridgehead atoms. The van der Waals surface area contributed by atoms with Crippen molar-refractivity contribution in [2.24, 2.45) is 11.8 Å². The summed E-state index contributed by atoms with van der Waals surface area (Å²) < 4.78 is 1.22. The van der Waals surface area contributed by atoms with Crippen LogP contribution in [0.15, 0.2) is 29.2 Å². The lowest BCUT2D eigenvalue weighted by atomic mass is 9.69. The van der Waals surface area contributed by atoms with Gasteiger partial charge in [0.2, 0.25) is 5.82 Å². The van der Waals surface area contributed by atoms with Crippen molar-refractivity contribution in [3.63, 3.8) is 0 Å². The van der Waals surface area contributed by atoms with Gasteiger partial charge in [-0.05, 0) is 43.2 Å². The molecule has 0 saturated heterocycles. The smallest absolute Gasteiger partial charge is 0.361 e. The monoisotopic (exact) mass is 342 g/mol. The van der Waals surface area contributed by atoms with E-state index >= 15 is 0 Å². The molecule has 2 saturated carbocycles. The predicted molar refractivity (Wildman–Crippen MR) is 94.8 cm³/mol. The molecule has 2 aromatic rings. The largest absolute Gasteiger partial charge is 0.376 e. The SMILES string of the molecule is O=c1c([N+](=O)[O-])c(N[C@@H]2CC[C@H]3CCCC[C@H]3C2)nc2ccccn12. The standard InChI is InChI=1S/C18H22N4O3/c23-18-16(22(24)25)17(20-15-7-3-4-10-21(15)18)19-14-9-8-12-5-1-2-6-13(12)11-14/h3-4,7,10,12-14,19H,1-2,5-6,8-9,11H2/t12-,13+,14-/m1/s1. The Bertz CT molecular complexity index is 863.